The van der Waals surface area contributed by atoms with Crippen LogP contribution in [0.2, 0.25) is 5.02 Å². The largest absolute Gasteiger partial charge is 0.346 e. The highest BCUT2D eigenvalue weighted by Crippen LogP contribution is 2.14. The molecule has 2 rings (SSSR count). The third-order valence-corrected chi connectivity index (χ3v) is 3.85. The highest BCUT2D eigenvalue weighted by Gasteiger charge is 2.24. The fraction of sp³-hybridized carbons (Fsp3) is 0.400. The van der Waals surface area contributed by atoms with Crippen molar-refractivity contribution < 1.29 is 14.4 Å². The van der Waals surface area contributed by atoms with Crippen LogP contribution in [0.5, 0.6) is 0 Å². The maximum absolute atomic E-state index is 12.4. The smallest absolute Gasteiger partial charge is 0.254 e. The van der Waals surface area contributed by atoms with E-state index < -0.39 is 0 Å². The van der Waals surface area contributed by atoms with Crippen molar-refractivity contribution in [3.8, 4) is 0 Å². The van der Waals surface area contributed by atoms with E-state index in [2.05, 4.69) is 5.32 Å². The van der Waals surface area contributed by atoms with E-state index in [-0.39, 0.29) is 30.8 Å². The predicted molar refractivity (Wildman–Crippen MR) is 86.0 cm³/mol. The number of nitrogens with zero attached hydrogens (tertiary/aromatic N) is 2. The summed E-state index contributed by atoms with van der Waals surface area (Å²) in [7, 11) is 0. The van der Waals surface area contributed by atoms with Gasteiger partial charge in [0, 0.05) is 36.8 Å². The highest BCUT2D eigenvalue weighted by atomic mass is 35.5. The van der Waals surface area contributed by atoms with Gasteiger partial charge in [-0.2, -0.15) is 0 Å². The third-order valence-electron chi connectivity index (χ3n) is 3.61. The molecule has 0 unspecified atom stereocenters. The van der Waals surface area contributed by atoms with Crippen LogP contribution in [-0.4, -0.2) is 66.8 Å². The molecule has 1 heterocycles. The minimum Gasteiger partial charge on any atom is -0.346 e. The van der Waals surface area contributed by atoms with Crippen LogP contribution >= 0.6 is 11.6 Å². The van der Waals surface area contributed by atoms with Crippen LogP contribution in [0.4, 0.5) is 0 Å². The van der Waals surface area contributed by atoms with Crippen molar-refractivity contribution in [1.82, 2.24) is 15.1 Å². The van der Waals surface area contributed by atoms with E-state index in [0.717, 1.165) is 0 Å². The average Bonchev–Trinajstić information content (AvgIpc) is 2.58. The lowest BCUT2D eigenvalue weighted by Crippen LogP contribution is -2.52. The zero-order chi connectivity index (χ0) is 16.8. The summed E-state index contributed by atoms with van der Waals surface area (Å²) in [4.78, 5) is 38.7. The van der Waals surface area contributed by atoms with Crippen molar-refractivity contribution in [1.29, 1.82) is 0 Å². The Hall–Kier alpha value is -2.12. The second-order valence-electron chi connectivity index (χ2n) is 5.16. The number of piperazine rings is 1. The quantitative estimate of drug-likeness (QED) is 0.788. The van der Waals surface area contributed by atoms with Gasteiger partial charge in [-0.3, -0.25) is 14.4 Å². The van der Waals surface area contributed by atoms with Gasteiger partial charge in [-0.1, -0.05) is 17.7 Å². The summed E-state index contributed by atoms with van der Waals surface area (Å²) in [5.41, 5.74) is 5.70. The lowest BCUT2D eigenvalue weighted by atomic mass is 10.2. The van der Waals surface area contributed by atoms with E-state index in [0.29, 0.717) is 36.8 Å². The summed E-state index contributed by atoms with van der Waals surface area (Å²) in [6.45, 7) is 1.55. The summed E-state index contributed by atoms with van der Waals surface area (Å²) in [6.07, 6.45) is 0. The van der Waals surface area contributed by atoms with Gasteiger partial charge in [0.25, 0.3) is 5.91 Å². The normalized spacial score (nSPS) is 14.5. The van der Waals surface area contributed by atoms with Crippen molar-refractivity contribution in [2.24, 2.45) is 5.73 Å². The van der Waals surface area contributed by atoms with Gasteiger partial charge < -0.3 is 20.9 Å². The second kappa shape index (κ2) is 7.94. The van der Waals surface area contributed by atoms with Crippen molar-refractivity contribution >= 4 is 29.3 Å². The lowest BCUT2D eigenvalue weighted by molar-refractivity contribution is -0.133. The van der Waals surface area contributed by atoms with Crippen LogP contribution in [0.15, 0.2) is 24.3 Å². The van der Waals surface area contributed by atoms with E-state index in [1.807, 2.05) is 0 Å². The first-order valence-corrected chi connectivity index (χ1v) is 7.68. The Balaban J connectivity index is 1.85. The molecule has 0 bridgehead atoms. The number of amides is 3. The molecule has 7 nitrogen and oxygen atoms in total. The molecule has 1 aromatic rings. The molecule has 8 heteroatoms. The predicted octanol–water partition coefficient (Wildman–Crippen LogP) is -0.301. The molecule has 0 spiro atoms. The molecule has 23 heavy (non-hydrogen) atoms. The number of nitrogens with two attached hydrogens (primary N) is 1. The van der Waals surface area contributed by atoms with Crippen molar-refractivity contribution in [2.75, 3.05) is 39.3 Å². The molecule has 1 aliphatic heterocycles. The van der Waals surface area contributed by atoms with Crippen LogP contribution in [-0.2, 0) is 9.59 Å². The van der Waals surface area contributed by atoms with E-state index in [1.54, 1.807) is 34.1 Å². The number of carbonyl (C=O) groups is 3. The summed E-state index contributed by atoms with van der Waals surface area (Å²) in [6, 6.07) is 6.79. The minimum absolute atomic E-state index is 0.0712. The monoisotopic (exact) mass is 338 g/mol. The van der Waals surface area contributed by atoms with Crippen molar-refractivity contribution in [2.45, 2.75) is 0 Å². The fourth-order valence-electron chi connectivity index (χ4n) is 2.32. The molecule has 1 aromatic carbocycles. The molecule has 1 aliphatic rings. The Labute approximate surface area is 139 Å². The van der Waals surface area contributed by atoms with Gasteiger partial charge in [-0.15, -0.1) is 0 Å². The molecule has 0 aromatic heterocycles. The van der Waals surface area contributed by atoms with Gasteiger partial charge in [0.1, 0.15) is 0 Å². The SMILES string of the molecule is NCC(=O)NCC(=O)N1CCN(C(=O)c2cccc(Cl)c2)CC1. The number of rotatable bonds is 4. The zero-order valence-electron chi connectivity index (χ0n) is 12.6. The van der Waals surface area contributed by atoms with Gasteiger partial charge in [0.2, 0.25) is 11.8 Å². The highest BCUT2D eigenvalue weighted by molar-refractivity contribution is 6.30. The number of hydrogen-bond acceptors (Lipinski definition) is 4. The standard InChI is InChI=1S/C15H19ClN4O3/c16-12-3-1-2-11(8-12)15(23)20-6-4-19(5-7-20)14(22)10-18-13(21)9-17/h1-3,8H,4-7,9-10,17H2,(H,18,21). The fourth-order valence-corrected chi connectivity index (χ4v) is 2.51. The van der Waals surface area contributed by atoms with Crippen LogP contribution in [0, 0.1) is 0 Å². The summed E-state index contributed by atoms with van der Waals surface area (Å²) in [5.74, 6) is -0.647. The lowest BCUT2D eigenvalue weighted by Gasteiger charge is -2.34. The molecular formula is C15H19ClN4O3. The van der Waals surface area contributed by atoms with E-state index in [9.17, 15) is 14.4 Å². The number of benzene rings is 1. The molecule has 3 amide bonds. The Morgan fingerprint density at radius 1 is 1.13 bits per heavy atom. The van der Waals surface area contributed by atoms with Gasteiger partial charge in [-0.05, 0) is 18.2 Å². The van der Waals surface area contributed by atoms with Gasteiger partial charge in [-0.25, -0.2) is 0 Å². The van der Waals surface area contributed by atoms with E-state index >= 15 is 0 Å². The third kappa shape index (κ3) is 4.67. The number of halogens is 1. The number of nitrogens with one attached hydrogen (secondary N) is 1. The van der Waals surface area contributed by atoms with E-state index in [4.69, 9.17) is 17.3 Å². The van der Waals surface area contributed by atoms with Crippen LogP contribution in [0.3, 0.4) is 0 Å². The topological polar surface area (TPSA) is 95.7 Å². The average molecular weight is 339 g/mol. The second-order valence-corrected chi connectivity index (χ2v) is 5.60. The molecule has 1 fully saturated rings. The van der Waals surface area contributed by atoms with Gasteiger partial charge >= 0.3 is 0 Å². The molecule has 1 saturated heterocycles. The summed E-state index contributed by atoms with van der Waals surface area (Å²) < 4.78 is 0. The molecule has 3 N–H and O–H groups in total. The zero-order valence-corrected chi connectivity index (χ0v) is 13.4. The van der Waals surface area contributed by atoms with E-state index in [1.165, 1.54) is 0 Å². The first-order chi connectivity index (χ1) is 11.0. The maximum Gasteiger partial charge on any atom is 0.254 e. The molecular weight excluding hydrogens is 320 g/mol. The van der Waals surface area contributed by atoms with Crippen molar-refractivity contribution in [3.63, 3.8) is 0 Å². The molecule has 124 valence electrons. The molecule has 0 atom stereocenters. The maximum atomic E-state index is 12.4. The van der Waals surface area contributed by atoms with Gasteiger partial charge in [0.15, 0.2) is 0 Å². The first kappa shape index (κ1) is 17.2. The van der Waals surface area contributed by atoms with Crippen LogP contribution in [0.25, 0.3) is 0 Å². The first-order valence-electron chi connectivity index (χ1n) is 7.30. The Morgan fingerprint density at radius 2 is 1.78 bits per heavy atom. The summed E-state index contributed by atoms with van der Waals surface area (Å²) in [5, 5.41) is 2.96. The summed E-state index contributed by atoms with van der Waals surface area (Å²) >= 11 is 5.90. The molecule has 0 saturated carbocycles. The van der Waals surface area contributed by atoms with Gasteiger partial charge in [0.05, 0.1) is 13.1 Å². The minimum atomic E-state index is -0.367. The number of carbonyl (C=O) groups excluding carboxylic acids is 3. The van der Waals surface area contributed by atoms with Crippen LogP contribution in [0.1, 0.15) is 10.4 Å². The molecule has 0 radical (unpaired) electrons. The Morgan fingerprint density at radius 3 is 2.39 bits per heavy atom. The van der Waals surface area contributed by atoms with Crippen LogP contribution < -0.4 is 11.1 Å². The van der Waals surface area contributed by atoms with Crippen molar-refractivity contribution in [3.05, 3.63) is 34.9 Å². The number of hydrogen-bond donors (Lipinski definition) is 2. The Kier molecular flexibility index (Phi) is 5.95. The molecule has 0 aliphatic carbocycles. The Bertz CT molecular complexity index is 600.